The van der Waals surface area contributed by atoms with Gasteiger partial charge in [0.2, 0.25) is 0 Å². The molecule has 1 aromatic rings. The van der Waals surface area contributed by atoms with E-state index in [4.69, 9.17) is 9.47 Å². The molecule has 3 heterocycles. The molecule has 8 heteroatoms. The van der Waals surface area contributed by atoms with Crippen molar-refractivity contribution in [2.75, 3.05) is 52.5 Å². The number of cyclic esters (lactones) is 1. The van der Waals surface area contributed by atoms with Crippen molar-refractivity contribution in [3.05, 3.63) is 35.4 Å². The quantitative estimate of drug-likeness (QED) is 0.765. The van der Waals surface area contributed by atoms with E-state index in [9.17, 15) is 14.4 Å². The topological polar surface area (TPSA) is 79.4 Å². The zero-order valence-electron chi connectivity index (χ0n) is 14.4. The number of hydrogen-bond acceptors (Lipinski definition) is 5. The molecule has 26 heavy (non-hydrogen) atoms. The number of morpholine rings is 1. The highest BCUT2D eigenvalue weighted by Gasteiger charge is 2.38. The minimum atomic E-state index is -0.298. The van der Waals surface area contributed by atoms with E-state index in [1.807, 2.05) is 0 Å². The first-order valence-corrected chi connectivity index (χ1v) is 8.83. The van der Waals surface area contributed by atoms with Gasteiger partial charge in [0, 0.05) is 43.9 Å². The Morgan fingerprint density at radius 2 is 1.50 bits per heavy atom. The minimum absolute atomic E-state index is 0.0393. The molecule has 3 aliphatic heterocycles. The number of amides is 3. The molecule has 3 fully saturated rings. The largest absolute Gasteiger partial charge is 0.447 e. The molecule has 0 radical (unpaired) electrons. The average Bonchev–Trinajstić information content (AvgIpc) is 3.08. The molecule has 8 nitrogen and oxygen atoms in total. The Kier molecular flexibility index (Phi) is 4.50. The predicted molar refractivity (Wildman–Crippen MR) is 90.9 cm³/mol. The molecule has 0 aliphatic carbocycles. The molecule has 0 aromatic heterocycles. The smallest absolute Gasteiger partial charge is 0.410 e. The molecular weight excluding hydrogens is 338 g/mol. The highest BCUT2D eigenvalue weighted by atomic mass is 16.6. The monoisotopic (exact) mass is 359 g/mol. The van der Waals surface area contributed by atoms with Crippen LogP contribution in [0.4, 0.5) is 4.79 Å². The van der Waals surface area contributed by atoms with Crippen molar-refractivity contribution in [1.29, 1.82) is 0 Å². The zero-order chi connectivity index (χ0) is 18.1. The first kappa shape index (κ1) is 16.8. The highest BCUT2D eigenvalue weighted by Crippen LogP contribution is 2.20. The maximum atomic E-state index is 12.7. The van der Waals surface area contributed by atoms with Gasteiger partial charge in [-0.3, -0.25) is 14.5 Å². The second-order valence-corrected chi connectivity index (χ2v) is 6.66. The number of nitrogens with zero attached hydrogens (tertiary/aromatic N) is 3. The fraction of sp³-hybridized carbons (Fsp3) is 0.500. The fourth-order valence-corrected chi connectivity index (χ4v) is 3.56. The summed E-state index contributed by atoms with van der Waals surface area (Å²) in [5.41, 5.74) is 1.12. The van der Waals surface area contributed by atoms with E-state index in [0.29, 0.717) is 63.7 Å². The Morgan fingerprint density at radius 3 is 2.15 bits per heavy atom. The van der Waals surface area contributed by atoms with Gasteiger partial charge >= 0.3 is 6.09 Å². The maximum absolute atomic E-state index is 12.7. The fourth-order valence-electron chi connectivity index (χ4n) is 3.56. The van der Waals surface area contributed by atoms with Gasteiger partial charge < -0.3 is 19.3 Å². The van der Waals surface area contributed by atoms with Crippen molar-refractivity contribution in [3.8, 4) is 0 Å². The van der Waals surface area contributed by atoms with Crippen molar-refractivity contribution in [2.45, 2.75) is 6.04 Å². The normalized spacial score (nSPS) is 22.8. The lowest BCUT2D eigenvalue weighted by molar-refractivity contribution is 0.0303. The molecule has 3 aliphatic rings. The molecule has 0 spiro atoms. The molecule has 1 aromatic carbocycles. The lowest BCUT2D eigenvalue weighted by Gasteiger charge is -2.35. The number of rotatable bonds is 2. The lowest BCUT2D eigenvalue weighted by Crippen LogP contribution is -2.53. The van der Waals surface area contributed by atoms with Gasteiger partial charge in [-0.1, -0.05) is 0 Å². The van der Waals surface area contributed by atoms with Crippen LogP contribution in [0.3, 0.4) is 0 Å². The summed E-state index contributed by atoms with van der Waals surface area (Å²) in [6.07, 6.45) is -0.298. The summed E-state index contributed by atoms with van der Waals surface area (Å²) < 4.78 is 10.3. The Bertz CT molecular complexity index is 714. The molecule has 1 atom stereocenters. The van der Waals surface area contributed by atoms with Gasteiger partial charge in [0.15, 0.2) is 0 Å². The summed E-state index contributed by atoms with van der Waals surface area (Å²) >= 11 is 0. The highest BCUT2D eigenvalue weighted by molar-refractivity contribution is 5.98. The van der Waals surface area contributed by atoms with Crippen LogP contribution in [0, 0.1) is 0 Å². The van der Waals surface area contributed by atoms with Crippen molar-refractivity contribution < 1.29 is 23.9 Å². The molecule has 0 saturated carbocycles. The number of ether oxygens (including phenoxy) is 2. The van der Waals surface area contributed by atoms with Crippen LogP contribution >= 0.6 is 0 Å². The SMILES string of the molecule is O=C(c1ccc(C(=O)N2CCN3C(=O)OC[C@@H]3C2)cc1)N1CCOCC1. The number of piperazine rings is 1. The third kappa shape index (κ3) is 3.12. The lowest BCUT2D eigenvalue weighted by atomic mass is 10.1. The van der Waals surface area contributed by atoms with Crippen LogP contribution in [0.2, 0.25) is 0 Å². The molecular formula is C18H21N3O5. The van der Waals surface area contributed by atoms with Crippen LogP contribution in [0.15, 0.2) is 24.3 Å². The van der Waals surface area contributed by atoms with Gasteiger partial charge in [-0.25, -0.2) is 4.79 Å². The van der Waals surface area contributed by atoms with Crippen molar-refractivity contribution in [3.63, 3.8) is 0 Å². The van der Waals surface area contributed by atoms with Gasteiger partial charge in [0.1, 0.15) is 6.61 Å². The summed E-state index contributed by atoms with van der Waals surface area (Å²) in [5.74, 6) is -0.128. The summed E-state index contributed by atoms with van der Waals surface area (Å²) in [7, 11) is 0. The first-order valence-electron chi connectivity index (χ1n) is 8.83. The van der Waals surface area contributed by atoms with Crippen LogP contribution in [0.25, 0.3) is 0 Å². The number of benzene rings is 1. The van der Waals surface area contributed by atoms with E-state index >= 15 is 0 Å². The summed E-state index contributed by atoms with van der Waals surface area (Å²) in [6, 6.07) is 6.71. The van der Waals surface area contributed by atoms with Gasteiger partial charge in [-0.15, -0.1) is 0 Å². The van der Waals surface area contributed by atoms with E-state index in [1.165, 1.54) is 0 Å². The first-order chi connectivity index (χ1) is 12.6. The number of hydrogen-bond donors (Lipinski definition) is 0. The van der Waals surface area contributed by atoms with Crippen LogP contribution in [0.5, 0.6) is 0 Å². The Morgan fingerprint density at radius 1 is 0.885 bits per heavy atom. The maximum Gasteiger partial charge on any atom is 0.410 e. The van der Waals surface area contributed by atoms with Crippen molar-refractivity contribution in [2.24, 2.45) is 0 Å². The number of carbonyl (C=O) groups excluding carboxylic acids is 3. The molecule has 0 bridgehead atoms. The average molecular weight is 359 g/mol. The molecule has 4 rings (SSSR count). The van der Waals surface area contributed by atoms with Crippen LogP contribution in [-0.4, -0.2) is 91.2 Å². The zero-order valence-corrected chi connectivity index (χ0v) is 14.4. The summed E-state index contributed by atoms with van der Waals surface area (Å²) in [4.78, 5) is 41.9. The van der Waals surface area contributed by atoms with E-state index in [-0.39, 0.29) is 23.9 Å². The number of fused-ring (bicyclic) bond motifs is 1. The molecule has 3 saturated heterocycles. The van der Waals surface area contributed by atoms with Gasteiger partial charge in [-0.2, -0.15) is 0 Å². The van der Waals surface area contributed by atoms with Crippen molar-refractivity contribution in [1.82, 2.24) is 14.7 Å². The minimum Gasteiger partial charge on any atom is -0.447 e. The van der Waals surface area contributed by atoms with Gasteiger partial charge in [0.05, 0.1) is 19.3 Å². The summed E-state index contributed by atoms with van der Waals surface area (Å²) in [6.45, 7) is 4.07. The third-order valence-corrected chi connectivity index (χ3v) is 5.08. The van der Waals surface area contributed by atoms with Crippen LogP contribution < -0.4 is 0 Å². The Hall–Kier alpha value is -2.61. The van der Waals surface area contributed by atoms with Crippen molar-refractivity contribution >= 4 is 17.9 Å². The van der Waals surface area contributed by atoms with E-state index in [2.05, 4.69) is 0 Å². The number of carbonyl (C=O) groups is 3. The van der Waals surface area contributed by atoms with E-state index < -0.39 is 0 Å². The standard InChI is InChI=1S/C18H21N3O5/c22-16(19-7-9-25-10-8-19)13-1-3-14(4-2-13)17(23)20-5-6-21-15(11-20)12-26-18(21)24/h1-4,15H,5-12H2/t15-/m0/s1. The second kappa shape index (κ2) is 6.95. The molecule has 0 unspecified atom stereocenters. The van der Waals surface area contributed by atoms with Gasteiger partial charge in [0.25, 0.3) is 11.8 Å². The van der Waals surface area contributed by atoms with E-state index in [0.717, 1.165) is 0 Å². The Labute approximate surface area is 151 Å². The van der Waals surface area contributed by atoms with Crippen LogP contribution in [-0.2, 0) is 9.47 Å². The summed E-state index contributed by atoms with van der Waals surface area (Å²) in [5, 5.41) is 0. The molecule has 3 amide bonds. The van der Waals surface area contributed by atoms with Gasteiger partial charge in [-0.05, 0) is 24.3 Å². The predicted octanol–water partition coefficient (Wildman–Crippen LogP) is 0.436. The molecule has 138 valence electrons. The van der Waals surface area contributed by atoms with Crippen LogP contribution in [0.1, 0.15) is 20.7 Å². The third-order valence-electron chi connectivity index (χ3n) is 5.08. The van der Waals surface area contributed by atoms with E-state index in [1.54, 1.807) is 39.0 Å². The Balaban J connectivity index is 1.41. The second-order valence-electron chi connectivity index (χ2n) is 6.66. The molecule has 0 N–H and O–H groups in total.